The minimum atomic E-state index is 0.691. The molecule has 0 spiro atoms. The van der Waals surface area contributed by atoms with Gasteiger partial charge in [-0.05, 0) is 25.0 Å². The summed E-state index contributed by atoms with van der Waals surface area (Å²) in [5, 5.41) is 4.62. The van der Waals surface area contributed by atoms with Gasteiger partial charge < -0.3 is 9.88 Å². The third-order valence-electron chi connectivity index (χ3n) is 3.61. The van der Waals surface area contributed by atoms with Gasteiger partial charge in [0.25, 0.3) is 0 Å². The van der Waals surface area contributed by atoms with Crippen molar-refractivity contribution in [2.24, 2.45) is 0 Å². The monoisotopic (exact) mass is 284 g/mol. The van der Waals surface area contributed by atoms with Gasteiger partial charge in [-0.15, -0.1) is 11.3 Å². The second kappa shape index (κ2) is 5.00. The molecule has 0 radical (unpaired) electrons. The molecule has 1 fully saturated rings. The Kier molecular flexibility index (Phi) is 3.01. The number of benzene rings is 1. The van der Waals surface area contributed by atoms with Crippen LogP contribution in [0.25, 0.3) is 10.2 Å². The summed E-state index contributed by atoms with van der Waals surface area (Å²) in [6, 6.07) is 8.98. The summed E-state index contributed by atoms with van der Waals surface area (Å²) in [4.78, 5) is 8.89. The van der Waals surface area contributed by atoms with Crippen molar-refractivity contribution in [3.05, 3.63) is 47.5 Å². The van der Waals surface area contributed by atoms with E-state index in [4.69, 9.17) is 0 Å². The Morgan fingerprint density at radius 3 is 3.00 bits per heavy atom. The lowest BCUT2D eigenvalue weighted by atomic mass is 10.3. The number of aromatic nitrogens is 3. The van der Waals surface area contributed by atoms with E-state index in [9.17, 15) is 0 Å². The van der Waals surface area contributed by atoms with Crippen LogP contribution < -0.4 is 5.32 Å². The summed E-state index contributed by atoms with van der Waals surface area (Å²) >= 11 is 1.76. The summed E-state index contributed by atoms with van der Waals surface area (Å²) in [7, 11) is 0. The van der Waals surface area contributed by atoms with Crippen molar-refractivity contribution >= 4 is 21.6 Å². The minimum Gasteiger partial charge on any atom is -0.330 e. The fourth-order valence-electron chi connectivity index (χ4n) is 2.44. The minimum absolute atomic E-state index is 0.691. The van der Waals surface area contributed by atoms with Crippen LogP contribution >= 0.6 is 11.3 Å². The first-order valence-corrected chi connectivity index (χ1v) is 7.78. The summed E-state index contributed by atoms with van der Waals surface area (Å²) in [6.07, 6.45) is 6.50. The maximum atomic E-state index is 4.64. The second-order valence-corrected chi connectivity index (χ2v) is 6.32. The number of thiazole rings is 1. The third kappa shape index (κ3) is 2.34. The van der Waals surface area contributed by atoms with Crippen LogP contribution in [0.15, 0.2) is 36.8 Å². The van der Waals surface area contributed by atoms with E-state index < -0.39 is 0 Å². The molecule has 4 rings (SSSR count). The van der Waals surface area contributed by atoms with E-state index in [0.29, 0.717) is 6.04 Å². The zero-order chi connectivity index (χ0) is 13.4. The van der Waals surface area contributed by atoms with E-state index in [1.54, 1.807) is 11.3 Å². The molecule has 5 heteroatoms. The van der Waals surface area contributed by atoms with Crippen LogP contribution in [0.4, 0.5) is 0 Å². The van der Waals surface area contributed by atoms with E-state index in [0.717, 1.165) is 23.6 Å². The standard InChI is InChI=1S/C15H16N4S/c1-2-4-14-13(3-1)18-15(20-14)9-16-7-12-8-17-10-19(12)11-5-6-11/h1-4,8,10-11,16H,5-7,9H2. The molecule has 20 heavy (non-hydrogen) atoms. The van der Waals surface area contributed by atoms with Crippen LogP contribution in [0.3, 0.4) is 0 Å². The molecule has 2 heterocycles. The number of fused-ring (bicyclic) bond motifs is 1. The molecule has 0 amide bonds. The Hall–Kier alpha value is -1.72. The normalized spacial score (nSPS) is 15.0. The molecule has 4 nitrogen and oxygen atoms in total. The Morgan fingerprint density at radius 1 is 1.25 bits per heavy atom. The molecule has 1 N–H and O–H groups in total. The smallest absolute Gasteiger partial charge is 0.108 e. The molecule has 0 unspecified atom stereocenters. The number of para-hydroxylation sites is 1. The van der Waals surface area contributed by atoms with Crippen molar-refractivity contribution in [2.75, 3.05) is 0 Å². The van der Waals surface area contributed by atoms with Crippen LogP contribution in [0.1, 0.15) is 29.6 Å². The predicted molar refractivity (Wildman–Crippen MR) is 80.7 cm³/mol. The maximum Gasteiger partial charge on any atom is 0.108 e. The summed E-state index contributed by atoms with van der Waals surface area (Å²) < 4.78 is 3.55. The zero-order valence-electron chi connectivity index (χ0n) is 11.1. The number of nitrogens with one attached hydrogen (secondary N) is 1. The quantitative estimate of drug-likeness (QED) is 0.783. The highest BCUT2D eigenvalue weighted by Gasteiger charge is 2.24. The van der Waals surface area contributed by atoms with Crippen molar-refractivity contribution < 1.29 is 0 Å². The topological polar surface area (TPSA) is 42.7 Å². The van der Waals surface area contributed by atoms with Crippen LogP contribution in [0, 0.1) is 0 Å². The van der Waals surface area contributed by atoms with Crippen LogP contribution in [-0.2, 0) is 13.1 Å². The van der Waals surface area contributed by atoms with Gasteiger partial charge in [-0.3, -0.25) is 0 Å². The highest BCUT2D eigenvalue weighted by molar-refractivity contribution is 7.18. The van der Waals surface area contributed by atoms with E-state index in [1.165, 1.54) is 23.2 Å². The molecule has 1 aliphatic rings. The molecule has 0 atom stereocenters. The van der Waals surface area contributed by atoms with Crippen molar-refractivity contribution in [1.82, 2.24) is 19.9 Å². The van der Waals surface area contributed by atoms with Gasteiger partial charge in [-0.25, -0.2) is 9.97 Å². The van der Waals surface area contributed by atoms with Crippen LogP contribution in [0.2, 0.25) is 0 Å². The summed E-state index contributed by atoms with van der Waals surface area (Å²) in [5.74, 6) is 0. The molecular weight excluding hydrogens is 268 g/mol. The first-order valence-electron chi connectivity index (χ1n) is 6.96. The number of imidazole rings is 1. The van der Waals surface area contributed by atoms with Crippen molar-refractivity contribution in [3.63, 3.8) is 0 Å². The Balaban J connectivity index is 1.41. The second-order valence-electron chi connectivity index (χ2n) is 5.20. The van der Waals surface area contributed by atoms with Gasteiger partial charge in [0.15, 0.2) is 0 Å². The molecular formula is C15H16N4S. The SMILES string of the molecule is c1ccc2sc(CNCc3cncn3C3CC3)nc2c1. The van der Waals surface area contributed by atoms with Crippen molar-refractivity contribution in [1.29, 1.82) is 0 Å². The highest BCUT2D eigenvalue weighted by Crippen LogP contribution is 2.35. The van der Waals surface area contributed by atoms with Crippen LogP contribution in [-0.4, -0.2) is 14.5 Å². The van der Waals surface area contributed by atoms with Gasteiger partial charge in [-0.2, -0.15) is 0 Å². The van der Waals surface area contributed by atoms with Gasteiger partial charge in [0.2, 0.25) is 0 Å². The average Bonchev–Trinajstić information content (AvgIpc) is 3.06. The van der Waals surface area contributed by atoms with Crippen molar-refractivity contribution in [2.45, 2.75) is 32.0 Å². The zero-order valence-corrected chi connectivity index (χ0v) is 11.9. The van der Waals surface area contributed by atoms with Gasteiger partial charge >= 0.3 is 0 Å². The number of rotatable bonds is 5. The molecule has 3 aromatic rings. The first-order chi connectivity index (χ1) is 9.90. The Bertz CT molecular complexity index is 693. The number of hydrogen-bond acceptors (Lipinski definition) is 4. The molecule has 1 aliphatic carbocycles. The van der Waals surface area contributed by atoms with Crippen LogP contribution in [0.5, 0.6) is 0 Å². The molecule has 0 aliphatic heterocycles. The van der Waals surface area contributed by atoms with E-state index >= 15 is 0 Å². The highest BCUT2D eigenvalue weighted by atomic mass is 32.1. The van der Waals surface area contributed by atoms with Crippen molar-refractivity contribution in [3.8, 4) is 0 Å². The lowest BCUT2D eigenvalue weighted by Gasteiger charge is -2.06. The lowest BCUT2D eigenvalue weighted by molar-refractivity contribution is 0.620. The van der Waals surface area contributed by atoms with E-state index in [-0.39, 0.29) is 0 Å². The van der Waals surface area contributed by atoms with Gasteiger partial charge in [0, 0.05) is 25.3 Å². The largest absolute Gasteiger partial charge is 0.330 e. The predicted octanol–water partition coefficient (Wildman–Crippen LogP) is 3.12. The van der Waals surface area contributed by atoms with E-state index in [1.807, 2.05) is 18.6 Å². The molecule has 1 saturated carbocycles. The fraction of sp³-hybridized carbons (Fsp3) is 0.333. The third-order valence-corrected chi connectivity index (χ3v) is 4.64. The Labute approximate surface area is 121 Å². The van der Waals surface area contributed by atoms with Gasteiger partial charge in [0.1, 0.15) is 5.01 Å². The molecule has 0 bridgehead atoms. The molecule has 0 saturated heterocycles. The van der Waals surface area contributed by atoms with Gasteiger partial charge in [0.05, 0.1) is 22.2 Å². The maximum absolute atomic E-state index is 4.64. The van der Waals surface area contributed by atoms with E-state index in [2.05, 4.69) is 38.1 Å². The number of hydrogen-bond donors (Lipinski definition) is 1. The van der Waals surface area contributed by atoms with Gasteiger partial charge in [-0.1, -0.05) is 12.1 Å². The lowest BCUT2D eigenvalue weighted by Crippen LogP contribution is -2.15. The Morgan fingerprint density at radius 2 is 2.15 bits per heavy atom. The fourth-order valence-corrected chi connectivity index (χ4v) is 3.38. The average molecular weight is 284 g/mol. The molecule has 2 aromatic heterocycles. The summed E-state index contributed by atoms with van der Waals surface area (Å²) in [6.45, 7) is 1.67. The molecule has 102 valence electrons. The summed E-state index contributed by atoms with van der Waals surface area (Å²) in [5.41, 5.74) is 2.37. The number of nitrogens with zero attached hydrogens (tertiary/aromatic N) is 3. The molecule has 1 aromatic carbocycles. The first kappa shape index (κ1) is 12.1.